The van der Waals surface area contributed by atoms with Crippen LogP contribution in [-0.2, 0) is 11.8 Å². The van der Waals surface area contributed by atoms with Crippen molar-refractivity contribution in [2.75, 3.05) is 29.9 Å². The van der Waals surface area contributed by atoms with Gasteiger partial charge in [-0.05, 0) is 25.5 Å². The molecule has 1 aromatic carbocycles. The summed E-state index contributed by atoms with van der Waals surface area (Å²) in [6.07, 6.45) is 1.35. The highest BCUT2D eigenvalue weighted by atomic mass is 16.2. The molecule has 1 saturated heterocycles. The van der Waals surface area contributed by atoms with Gasteiger partial charge < -0.3 is 9.47 Å². The zero-order valence-electron chi connectivity index (χ0n) is 16.9. The molecule has 28 heavy (non-hydrogen) atoms. The van der Waals surface area contributed by atoms with Crippen LogP contribution in [0, 0.1) is 6.92 Å². The number of fused-ring (bicyclic) bond motifs is 1. The quantitative estimate of drug-likeness (QED) is 0.683. The molecule has 0 spiro atoms. The highest BCUT2D eigenvalue weighted by molar-refractivity contribution is 5.92. The fourth-order valence-corrected chi connectivity index (χ4v) is 3.74. The molecule has 7 heteroatoms. The molecule has 0 unspecified atom stereocenters. The fourth-order valence-electron chi connectivity index (χ4n) is 3.74. The van der Waals surface area contributed by atoms with Gasteiger partial charge in [0.25, 0.3) is 0 Å². The third-order valence-corrected chi connectivity index (χ3v) is 5.38. The molecule has 3 aromatic rings. The Hall–Kier alpha value is -2.96. The van der Waals surface area contributed by atoms with Crippen LogP contribution in [0.15, 0.2) is 30.3 Å². The Morgan fingerprint density at radius 2 is 1.96 bits per heavy atom. The van der Waals surface area contributed by atoms with Crippen LogP contribution in [0.2, 0.25) is 0 Å². The van der Waals surface area contributed by atoms with Crippen molar-refractivity contribution in [1.82, 2.24) is 19.5 Å². The van der Waals surface area contributed by atoms with Crippen molar-refractivity contribution in [2.45, 2.75) is 32.6 Å². The summed E-state index contributed by atoms with van der Waals surface area (Å²) >= 11 is 0. The van der Waals surface area contributed by atoms with E-state index in [9.17, 15) is 4.79 Å². The number of carbonyl (C=O) groups is 1. The molecule has 0 radical (unpaired) electrons. The number of hydrogen-bond donors (Lipinski definition) is 0. The number of nitrogens with zero attached hydrogens (tertiary/aromatic N) is 6. The van der Waals surface area contributed by atoms with Gasteiger partial charge in [0.1, 0.15) is 23.3 Å². The van der Waals surface area contributed by atoms with Crippen molar-refractivity contribution in [3.63, 3.8) is 0 Å². The van der Waals surface area contributed by atoms with Gasteiger partial charge in [0.05, 0.1) is 17.0 Å². The predicted molar refractivity (Wildman–Crippen MR) is 111 cm³/mol. The number of amides is 1. The summed E-state index contributed by atoms with van der Waals surface area (Å²) in [4.78, 5) is 29.9. The van der Waals surface area contributed by atoms with E-state index >= 15 is 0 Å². The lowest BCUT2D eigenvalue weighted by Gasteiger charge is -2.40. The lowest BCUT2D eigenvalue weighted by Crippen LogP contribution is -2.46. The molecule has 1 amide bonds. The van der Waals surface area contributed by atoms with Crippen LogP contribution in [0.1, 0.15) is 37.3 Å². The summed E-state index contributed by atoms with van der Waals surface area (Å²) in [5, 5.41) is 0. The van der Waals surface area contributed by atoms with Gasteiger partial charge in [-0.15, -0.1) is 0 Å². The standard InChI is InChI=1S/C21H26N6O/c1-5-8-20(28)26(4)18-11-19(23-14(2)22-18)27-12-15(13-27)21-24-16-9-6-7-10-17(16)25(21)3/h6-7,9-11,15H,5,8,12-13H2,1-4H3. The second-order valence-corrected chi connectivity index (χ2v) is 7.45. The van der Waals surface area contributed by atoms with Crippen LogP contribution in [0.3, 0.4) is 0 Å². The topological polar surface area (TPSA) is 67.2 Å². The SMILES string of the molecule is CCCC(=O)N(C)c1cc(N2CC(c3nc4ccccc4n3C)C2)nc(C)n1. The van der Waals surface area contributed by atoms with Gasteiger partial charge in [0, 0.05) is 39.7 Å². The summed E-state index contributed by atoms with van der Waals surface area (Å²) in [5.74, 6) is 3.76. The van der Waals surface area contributed by atoms with E-state index in [0.717, 1.165) is 42.2 Å². The molecular formula is C21H26N6O. The van der Waals surface area contributed by atoms with Crippen LogP contribution < -0.4 is 9.80 Å². The third kappa shape index (κ3) is 3.21. The molecule has 0 saturated carbocycles. The number of carbonyl (C=O) groups excluding carboxylic acids is 1. The van der Waals surface area contributed by atoms with Gasteiger partial charge in [-0.25, -0.2) is 15.0 Å². The number of imidazole rings is 1. The minimum atomic E-state index is 0.0766. The van der Waals surface area contributed by atoms with E-state index < -0.39 is 0 Å². The van der Waals surface area contributed by atoms with Gasteiger partial charge in [-0.3, -0.25) is 9.69 Å². The molecule has 1 aliphatic rings. The maximum Gasteiger partial charge on any atom is 0.227 e. The number of para-hydroxylation sites is 2. The molecule has 7 nitrogen and oxygen atoms in total. The van der Waals surface area contributed by atoms with Gasteiger partial charge in [-0.1, -0.05) is 19.1 Å². The number of benzene rings is 1. The van der Waals surface area contributed by atoms with E-state index in [0.29, 0.717) is 24.0 Å². The zero-order chi connectivity index (χ0) is 19.8. The first kappa shape index (κ1) is 18.4. The smallest absolute Gasteiger partial charge is 0.227 e. The second-order valence-electron chi connectivity index (χ2n) is 7.45. The van der Waals surface area contributed by atoms with Crippen molar-refractivity contribution in [2.24, 2.45) is 7.05 Å². The summed E-state index contributed by atoms with van der Waals surface area (Å²) in [6, 6.07) is 10.1. The predicted octanol–water partition coefficient (Wildman–Crippen LogP) is 3.04. The minimum Gasteiger partial charge on any atom is -0.355 e. The van der Waals surface area contributed by atoms with Crippen molar-refractivity contribution in [3.05, 3.63) is 42.0 Å². The van der Waals surface area contributed by atoms with Crippen LogP contribution in [-0.4, -0.2) is 45.6 Å². The first-order chi connectivity index (χ1) is 13.5. The van der Waals surface area contributed by atoms with Crippen LogP contribution in [0.5, 0.6) is 0 Å². The lowest BCUT2D eigenvalue weighted by atomic mass is 9.99. The molecule has 0 bridgehead atoms. The van der Waals surface area contributed by atoms with Gasteiger partial charge >= 0.3 is 0 Å². The van der Waals surface area contributed by atoms with Gasteiger partial charge in [0.2, 0.25) is 5.91 Å². The van der Waals surface area contributed by atoms with E-state index in [1.807, 2.05) is 32.0 Å². The monoisotopic (exact) mass is 378 g/mol. The number of aromatic nitrogens is 4. The van der Waals surface area contributed by atoms with Crippen molar-refractivity contribution >= 4 is 28.6 Å². The maximum atomic E-state index is 12.2. The Balaban J connectivity index is 1.52. The molecule has 4 rings (SSSR count). The number of aryl methyl sites for hydroxylation is 2. The van der Waals surface area contributed by atoms with E-state index in [2.05, 4.69) is 38.6 Å². The van der Waals surface area contributed by atoms with Crippen LogP contribution >= 0.6 is 0 Å². The zero-order valence-corrected chi connectivity index (χ0v) is 16.9. The number of hydrogen-bond acceptors (Lipinski definition) is 5. The van der Waals surface area contributed by atoms with Crippen molar-refractivity contribution in [1.29, 1.82) is 0 Å². The third-order valence-electron chi connectivity index (χ3n) is 5.38. The van der Waals surface area contributed by atoms with Crippen LogP contribution in [0.25, 0.3) is 11.0 Å². The first-order valence-corrected chi connectivity index (χ1v) is 9.76. The molecule has 1 fully saturated rings. The average Bonchev–Trinajstić information content (AvgIpc) is 2.96. The van der Waals surface area contributed by atoms with E-state index in [-0.39, 0.29) is 5.91 Å². The highest BCUT2D eigenvalue weighted by Crippen LogP contribution is 2.32. The Morgan fingerprint density at radius 3 is 2.68 bits per heavy atom. The minimum absolute atomic E-state index is 0.0766. The normalized spacial score (nSPS) is 14.4. The number of rotatable bonds is 5. The summed E-state index contributed by atoms with van der Waals surface area (Å²) in [6.45, 7) is 5.59. The summed E-state index contributed by atoms with van der Waals surface area (Å²) in [5.41, 5.74) is 2.20. The van der Waals surface area contributed by atoms with Crippen molar-refractivity contribution < 1.29 is 4.79 Å². The molecule has 0 N–H and O–H groups in total. The molecule has 146 valence electrons. The van der Waals surface area contributed by atoms with E-state index in [1.54, 1.807) is 11.9 Å². The molecule has 1 aliphatic heterocycles. The van der Waals surface area contributed by atoms with Gasteiger partial charge in [-0.2, -0.15) is 0 Å². The Morgan fingerprint density at radius 1 is 1.21 bits per heavy atom. The molecule has 0 aliphatic carbocycles. The molecule has 0 atom stereocenters. The first-order valence-electron chi connectivity index (χ1n) is 9.76. The molecule has 2 aromatic heterocycles. The lowest BCUT2D eigenvalue weighted by molar-refractivity contribution is -0.118. The Bertz CT molecular complexity index is 1020. The summed E-state index contributed by atoms with van der Waals surface area (Å²) in [7, 11) is 3.86. The molecular weight excluding hydrogens is 352 g/mol. The largest absolute Gasteiger partial charge is 0.355 e. The Kier molecular flexibility index (Phi) is 4.75. The Labute approximate surface area is 165 Å². The van der Waals surface area contributed by atoms with E-state index in [4.69, 9.17) is 4.98 Å². The van der Waals surface area contributed by atoms with Crippen molar-refractivity contribution in [3.8, 4) is 0 Å². The number of anilines is 2. The van der Waals surface area contributed by atoms with Gasteiger partial charge in [0.15, 0.2) is 0 Å². The summed E-state index contributed by atoms with van der Waals surface area (Å²) < 4.78 is 2.19. The average molecular weight is 378 g/mol. The van der Waals surface area contributed by atoms with E-state index in [1.165, 1.54) is 0 Å². The fraction of sp³-hybridized carbons (Fsp3) is 0.429. The second kappa shape index (κ2) is 7.22. The highest BCUT2D eigenvalue weighted by Gasteiger charge is 2.33. The van der Waals surface area contributed by atoms with Crippen LogP contribution in [0.4, 0.5) is 11.6 Å². The molecule has 3 heterocycles. The maximum absolute atomic E-state index is 12.2.